The van der Waals surface area contributed by atoms with Crippen LogP contribution >= 0.6 is 11.6 Å². The fourth-order valence-corrected chi connectivity index (χ4v) is 2.19. The molecule has 0 aliphatic heterocycles. The monoisotopic (exact) mass is 397 g/mol. The summed E-state index contributed by atoms with van der Waals surface area (Å²) < 4.78 is 38.0. The Kier molecular flexibility index (Phi) is 6.57. The molecule has 0 fully saturated rings. The molecule has 0 aliphatic carbocycles. The van der Waals surface area contributed by atoms with E-state index in [1.807, 2.05) is 0 Å². The van der Waals surface area contributed by atoms with Crippen LogP contribution in [0.2, 0.25) is 5.02 Å². The lowest BCUT2D eigenvalue weighted by atomic mass is 10.2. The van der Waals surface area contributed by atoms with Gasteiger partial charge in [-0.25, -0.2) is 5.43 Å². The highest BCUT2D eigenvalue weighted by molar-refractivity contribution is 6.30. The van der Waals surface area contributed by atoms with E-state index in [-0.39, 0.29) is 17.8 Å². The molecule has 0 heterocycles. The van der Waals surface area contributed by atoms with Crippen molar-refractivity contribution in [1.82, 2.24) is 5.43 Å². The largest absolute Gasteiger partial charge is 0.416 e. The van der Waals surface area contributed by atoms with E-state index >= 15 is 0 Å². The van der Waals surface area contributed by atoms with Crippen LogP contribution in [0.1, 0.15) is 29.3 Å². The first-order valence-electron chi connectivity index (χ1n) is 7.71. The number of carbonyl (C=O) groups excluding carboxylic acids is 2. The Hall–Kier alpha value is -2.87. The number of benzene rings is 2. The third kappa shape index (κ3) is 6.41. The van der Waals surface area contributed by atoms with E-state index in [9.17, 15) is 22.8 Å². The van der Waals surface area contributed by atoms with Crippen LogP contribution in [0.25, 0.3) is 0 Å². The van der Waals surface area contributed by atoms with Gasteiger partial charge >= 0.3 is 6.18 Å². The standard InChI is InChI=1S/C18H15ClF3N3O2/c1-11(24-25-17(27)12-5-7-14(19)8-6-12)9-16(26)23-15-4-2-3-13(10-15)18(20,21)22/h2-8,10H,9H2,1H3,(H,23,26)(H,25,27). The number of hydrogen-bond acceptors (Lipinski definition) is 3. The minimum atomic E-state index is -4.50. The van der Waals surface area contributed by atoms with Crippen molar-refractivity contribution in [3.8, 4) is 0 Å². The summed E-state index contributed by atoms with van der Waals surface area (Å²) in [7, 11) is 0. The SMILES string of the molecule is CC(CC(=O)Nc1cccc(C(F)(F)F)c1)=NNC(=O)c1ccc(Cl)cc1. The second-order valence-corrected chi connectivity index (χ2v) is 6.03. The third-order valence-corrected chi connectivity index (χ3v) is 3.60. The number of amides is 2. The predicted molar refractivity (Wildman–Crippen MR) is 96.7 cm³/mol. The Balaban J connectivity index is 1.92. The van der Waals surface area contributed by atoms with Crippen molar-refractivity contribution in [3.05, 3.63) is 64.7 Å². The Labute approximate surface area is 158 Å². The topological polar surface area (TPSA) is 70.6 Å². The molecule has 2 aromatic rings. The minimum Gasteiger partial charge on any atom is -0.326 e. The number of halogens is 4. The number of carbonyl (C=O) groups is 2. The van der Waals surface area contributed by atoms with E-state index in [2.05, 4.69) is 15.8 Å². The van der Waals surface area contributed by atoms with E-state index in [1.165, 1.54) is 31.2 Å². The first kappa shape index (κ1) is 20.4. The number of hydrazone groups is 1. The molecule has 0 atom stereocenters. The molecule has 0 saturated heterocycles. The molecule has 0 spiro atoms. The van der Waals surface area contributed by atoms with E-state index in [1.54, 1.807) is 12.1 Å². The Morgan fingerprint density at radius 2 is 1.78 bits per heavy atom. The summed E-state index contributed by atoms with van der Waals surface area (Å²) in [5.74, 6) is -1.04. The van der Waals surface area contributed by atoms with Crippen molar-refractivity contribution in [2.45, 2.75) is 19.5 Å². The molecule has 9 heteroatoms. The van der Waals surface area contributed by atoms with Gasteiger partial charge in [0.25, 0.3) is 5.91 Å². The summed E-state index contributed by atoms with van der Waals surface area (Å²) in [6, 6.07) is 10.4. The quantitative estimate of drug-likeness (QED) is 0.576. The summed E-state index contributed by atoms with van der Waals surface area (Å²) in [6.45, 7) is 1.51. The van der Waals surface area contributed by atoms with Crippen LogP contribution < -0.4 is 10.7 Å². The fourth-order valence-electron chi connectivity index (χ4n) is 2.06. The van der Waals surface area contributed by atoms with Crippen molar-refractivity contribution in [3.63, 3.8) is 0 Å². The second kappa shape index (κ2) is 8.68. The number of nitrogens with zero attached hydrogens (tertiary/aromatic N) is 1. The number of hydrogen-bond donors (Lipinski definition) is 2. The zero-order chi connectivity index (χ0) is 20.0. The molecule has 2 rings (SSSR count). The summed E-state index contributed by atoms with van der Waals surface area (Å²) in [6.07, 6.45) is -4.69. The Morgan fingerprint density at radius 1 is 1.11 bits per heavy atom. The normalized spacial score (nSPS) is 11.8. The van der Waals surface area contributed by atoms with Gasteiger partial charge in [0, 0.05) is 22.0 Å². The molecular formula is C18H15ClF3N3O2. The molecular weight excluding hydrogens is 383 g/mol. The van der Waals surface area contributed by atoms with Crippen LogP contribution in [-0.4, -0.2) is 17.5 Å². The summed E-state index contributed by atoms with van der Waals surface area (Å²) >= 11 is 5.74. The number of nitrogens with one attached hydrogen (secondary N) is 2. The molecule has 5 nitrogen and oxygen atoms in total. The molecule has 0 saturated carbocycles. The van der Waals surface area contributed by atoms with E-state index < -0.39 is 23.6 Å². The molecule has 0 unspecified atom stereocenters. The predicted octanol–water partition coefficient (Wildman–Crippen LogP) is 4.49. The van der Waals surface area contributed by atoms with E-state index in [0.29, 0.717) is 10.6 Å². The van der Waals surface area contributed by atoms with Gasteiger partial charge in [-0.2, -0.15) is 18.3 Å². The lowest BCUT2D eigenvalue weighted by Crippen LogP contribution is -2.21. The van der Waals surface area contributed by atoms with Crippen molar-refractivity contribution in [1.29, 1.82) is 0 Å². The van der Waals surface area contributed by atoms with Gasteiger partial charge in [0.1, 0.15) is 0 Å². The molecule has 27 heavy (non-hydrogen) atoms. The van der Waals surface area contributed by atoms with Crippen molar-refractivity contribution < 1.29 is 22.8 Å². The van der Waals surface area contributed by atoms with Gasteiger partial charge in [0.05, 0.1) is 12.0 Å². The van der Waals surface area contributed by atoms with Gasteiger partial charge in [-0.05, 0) is 49.4 Å². The molecule has 0 radical (unpaired) electrons. The molecule has 142 valence electrons. The first-order chi connectivity index (χ1) is 12.6. The molecule has 2 amide bonds. The highest BCUT2D eigenvalue weighted by Gasteiger charge is 2.30. The molecule has 2 N–H and O–H groups in total. The van der Waals surface area contributed by atoms with Crippen molar-refractivity contribution in [2.24, 2.45) is 5.10 Å². The molecule has 0 bridgehead atoms. The van der Waals surface area contributed by atoms with Gasteiger partial charge < -0.3 is 5.32 Å². The van der Waals surface area contributed by atoms with Crippen LogP contribution in [0, 0.1) is 0 Å². The number of alkyl halides is 3. The summed E-state index contributed by atoms with van der Waals surface area (Å²) in [5, 5.41) is 6.65. The zero-order valence-corrected chi connectivity index (χ0v) is 14.9. The zero-order valence-electron chi connectivity index (χ0n) is 14.1. The fraction of sp³-hybridized carbons (Fsp3) is 0.167. The van der Waals surface area contributed by atoms with Gasteiger partial charge in [-0.1, -0.05) is 17.7 Å². The highest BCUT2D eigenvalue weighted by atomic mass is 35.5. The number of anilines is 1. The maximum absolute atomic E-state index is 12.7. The lowest BCUT2D eigenvalue weighted by Gasteiger charge is -2.10. The van der Waals surface area contributed by atoms with Crippen LogP contribution in [0.15, 0.2) is 53.6 Å². The average molecular weight is 398 g/mol. The van der Waals surface area contributed by atoms with Crippen LogP contribution in [-0.2, 0) is 11.0 Å². The van der Waals surface area contributed by atoms with Gasteiger partial charge in [0.15, 0.2) is 0 Å². The Bertz CT molecular complexity index is 865. The molecule has 0 aromatic heterocycles. The second-order valence-electron chi connectivity index (χ2n) is 5.60. The van der Waals surface area contributed by atoms with Crippen molar-refractivity contribution in [2.75, 3.05) is 5.32 Å². The van der Waals surface area contributed by atoms with Crippen LogP contribution in [0.5, 0.6) is 0 Å². The average Bonchev–Trinajstić information content (AvgIpc) is 2.59. The lowest BCUT2D eigenvalue weighted by molar-refractivity contribution is -0.137. The van der Waals surface area contributed by atoms with E-state index in [0.717, 1.165) is 12.1 Å². The maximum Gasteiger partial charge on any atom is 0.416 e. The highest BCUT2D eigenvalue weighted by Crippen LogP contribution is 2.30. The first-order valence-corrected chi connectivity index (χ1v) is 8.09. The van der Waals surface area contributed by atoms with Gasteiger partial charge in [-0.15, -0.1) is 0 Å². The van der Waals surface area contributed by atoms with Crippen molar-refractivity contribution >= 4 is 34.8 Å². The molecule has 0 aliphatic rings. The van der Waals surface area contributed by atoms with Gasteiger partial charge in [-0.3, -0.25) is 9.59 Å². The number of rotatable bonds is 5. The summed E-state index contributed by atoms with van der Waals surface area (Å²) in [4.78, 5) is 23.8. The third-order valence-electron chi connectivity index (χ3n) is 3.34. The van der Waals surface area contributed by atoms with Crippen LogP contribution in [0.3, 0.4) is 0 Å². The maximum atomic E-state index is 12.7. The van der Waals surface area contributed by atoms with E-state index in [4.69, 9.17) is 11.6 Å². The summed E-state index contributed by atoms with van der Waals surface area (Å²) in [5.41, 5.74) is 2.07. The molecule has 2 aromatic carbocycles. The minimum absolute atomic E-state index is 0.0211. The Morgan fingerprint density at radius 3 is 2.41 bits per heavy atom. The smallest absolute Gasteiger partial charge is 0.326 e. The van der Waals surface area contributed by atoms with Crippen LogP contribution in [0.4, 0.5) is 18.9 Å². The van der Waals surface area contributed by atoms with Gasteiger partial charge in [0.2, 0.25) is 5.91 Å².